The van der Waals surface area contributed by atoms with Gasteiger partial charge < -0.3 is 9.88 Å². The van der Waals surface area contributed by atoms with Gasteiger partial charge in [0.1, 0.15) is 0 Å². The number of hydrogen-bond acceptors (Lipinski definition) is 5. The molecule has 172 valence electrons. The molecule has 0 saturated heterocycles. The summed E-state index contributed by atoms with van der Waals surface area (Å²) in [5.74, 6) is 0.235. The smallest absolute Gasteiger partial charge is 0.324 e. The van der Waals surface area contributed by atoms with E-state index in [1.165, 1.54) is 22.2 Å². The monoisotopic (exact) mass is 502 g/mol. The predicted molar refractivity (Wildman–Crippen MR) is 124 cm³/mol. The van der Waals surface area contributed by atoms with E-state index >= 15 is 0 Å². The van der Waals surface area contributed by atoms with Crippen molar-refractivity contribution in [2.24, 2.45) is 0 Å². The van der Waals surface area contributed by atoms with Gasteiger partial charge in [-0.2, -0.15) is 13.2 Å². The van der Waals surface area contributed by atoms with Crippen LogP contribution in [0.3, 0.4) is 0 Å². The fourth-order valence-corrected chi connectivity index (χ4v) is 5.11. The summed E-state index contributed by atoms with van der Waals surface area (Å²) in [5, 5.41) is 13.8. The third-order valence-corrected chi connectivity index (χ3v) is 7.01. The number of alkyl halides is 3. The standard InChI is InChI=1S/C21H22ClF3N4OS2/c1-4-8-29-19(15-10-31-12(3)14(15)5-2)27-28-20(29)32-11-18(30)26-17-9-13(21(23,24)25)6-7-16(17)22/h6-7,9-10H,4-5,8,11H2,1-3H3,(H,26,30). The molecule has 0 atom stereocenters. The van der Waals surface area contributed by atoms with E-state index in [1.54, 1.807) is 11.3 Å². The van der Waals surface area contributed by atoms with E-state index in [2.05, 4.69) is 34.7 Å². The van der Waals surface area contributed by atoms with E-state index < -0.39 is 17.6 Å². The van der Waals surface area contributed by atoms with Gasteiger partial charge in [-0.3, -0.25) is 4.79 Å². The first-order chi connectivity index (χ1) is 15.2. The van der Waals surface area contributed by atoms with Crippen LogP contribution >= 0.6 is 34.7 Å². The van der Waals surface area contributed by atoms with Gasteiger partial charge in [-0.15, -0.1) is 21.5 Å². The number of anilines is 1. The minimum atomic E-state index is -4.52. The van der Waals surface area contributed by atoms with Crippen LogP contribution in [0.15, 0.2) is 28.7 Å². The first-order valence-electron chi connectivity index (χ1n) is 9.95. The third kappa shape index (κ3) is 5.47. The van der Waals surface area contributed by atoms with Crippen molar-refractivity contribution in [3.63, 3.8) is 0 Å². The highest BCUT2D eigenvalue weighted by molar-refractivity contribution is 7.99. The summed E-state index contributed by atoms with van der Waals surface area (Å²) in [5.41, 5.74) is 1.32. The summed E-state index contributed by atoms with van der Waals surface area (Å²) in [6.45, 7) is 6.90. The molecule has 3 rings (SSSR count). The number of aromatic nitrogens is 3. The van der Waals surface area contributed by atoms with E-state index in [-0.39, 0.29) is 16.5 Å². The number of hydrogen-bond donors (Lipinski definition) is 1. The first-order valence-corrected chi connectivity index (χ1v) is 12.2. The summed E-state index contributed by atoms with van der Waals surface area (Å²) in [7, 11) is 0. The highest BCUT2D eigenvalue weighted by Gasteiger charge is 2.31. The first kappa shape index (κ1) is 24.6. The van der Waals surface area contributed by atoms with Gasteiger partial charge in [0.05, 0.1) is 22.0 Å². The molecular formula is C21H22ClF3N4OS2. The number of thiophene rings is 1. The zero-order chi connectivity index (χ0) is 23.5. The molecule has 2 heterocycles. The maximum absolute atomic E-state index is 12.9. The van der Waals surface area contributed by atoms with Gasteiger partial charge >= 0.3 is 6.18 Å². The number of benzene rings is 1. The quantitative estimate of drug-likeness (QED) is 0.348. The van der Waals surface area contributed by atoms with Crippen molar-refractivity contribution in [1.29, 1.82) is 0 Å². The van der Waals surface area contributed by atoms with Crippen LogP contribution in [0.5, 0.6) is 0 Å². The third-order valence-electron chi connectivity index (χ3n) is 4.76. The lowest BCUT2D eigenvalue weighted by Crippen LogP contribution is -2.16. The Morgan fingerprint density at radius 3 is 2.69 bits per heavy atom. The Balaban J connectivity index is 1.76. The molecule has 1 N–H and O–H groups in total. The zero-order valence-corrected chi connectivity index (χ0v) is 20.1. The molecule has 0 unspecified atom stereocenters. The number of aryl methyl sites for hydroxylation is 1. The second kappa shape index (κ2) is 10.3. The van der Waals surface area contributed by atoms with Crippen molar-refractivity contribution < 1.29 is 18.0 Å². The fourth-order valence-electron chi connectivity index (χ4n) is 3.24. The van der Waals surface area contributed by atoms with E-state index in [0.29, 0.717) is 11.7 Å². The lowest BCUT2D eigenvalue weighted by atomic mass is 10.1. The molecule has 0 aliphatic heterocycles. The largest absolute Gasteiger partial charge is 0.416 e. The second-order valence-corrected chi connectivity index (χ2v) is 9.46. The normalized spacial score (nSPS) is 11.7. The average molecular weight is 503 g/mol. The molecule has 5 nitrogen and oxygen atoms in total. The van der Waals surface area contributed by atoms with Gasteiger partial charge in [-0.25, -0.2) is 0 Å². The van der Waals surface area contributed by atoms with Crippen LogP contribution in [0.2, 0.25) is 5.02 Å². The molecule has 1 amide bonds. The van der Waals surface area contributed by atoms with Crippen LogP contribution in [-0.2, 0) is 23.9 Å². The molecule has 0 bridgehead atoms. The Labute approximate surface area is 197 Å². The van der Waals surface area contributed by atoms with Crippen LogP contribution in [-0.4, -0.2) is 26.4 Å². The SMILES string of the molecule is CCCn1c(SCC(=O)Nc2cc(C(F)(F)F)ccc2Cl)nnc1-c1csc(C)c1CC. The lowest BCUT2D eigenvalue weighted by molar-refractivity contribution is -0.137. The molecule has 0 aliphatic carbocycles. The van der Waals surface area contributed by atoms with Crippen LogP contribution in [0.1, 0.15) is 36.3 Å². The van der Waals surface area contributed by atoms with Gasteiger partial charge in [-0.1, -0.05) is 37.2 Å². The molecule has 1 aromatic carbocycles. The summed E-state index contributed by atoms with van der Waals surface area (Å²) in [4.78, 5) is 13.7. The maximum atomic E-state index is 12.9. The fraction of sp³-hybridized carbons (Fsp3) is 0.381. The molecule has 11 heteroatoms. The van der Waals surface area contributed by atoms with Crippen molar-refractivity contribution in [2.75, 3.05) is 11.1 Å². The molecule has 0 saturated carbocycles. The van der Waals surface area contributed by atoms with Gasteiger partial charge in [0.15, 0.2) is 11.0 Å². The summed E-state index contributed by atoms with van der Waals surface area (Å²) in [6.07, 6.45) is -2.79. The number of amides is 1. The second-order valence-electron chi connectivity index (χ2n) is 7.02. The van der Waals surface area contributed by atoms with Gasteiger partial charge in [0, 0.05) is 22.4 Å². The van der Waals surface area contributed by atoms with E-state index in [0.717, 1.165) is 42.4 Å². The van der Waals surface area contributed by atoms with Gasteiger partial charge in [0.25, 0.3) is 0 Å². The van der Waals surface area contributed by atoms with Crippen LogP contribution < -0.4 is 5.32 Å². The number of carbonyl (C=O) groups excluding carboxylic acids is 1. The van der Waals surface area contributed by atoms with Crippen molar-refractivity contribution in [1.82, 2.24) is 14.8 Å². The minimum absolute atomic E-state index is 0.0349. The summed E-state index contributed by atoms with van der Waals surface area (Å²) < 4.78 is 40.8. The van der Waals surface area contributed by atoms with Crippen molar-refractivity contribution in [3.8, 4) is 11.4 Å². The zero-order valence-electron chi connectivity index (χ0n) is 17.7. The Hall–Kier alpha value is -2.04. The average Bonchev–Trinajstić information content (AvgIpc) is 3.30. The number of thioether (sulfide) groups is 1. The minimum Gasteiger partial charge on any atom is -0.324 e. The topological polar surface area (TPSA) is 59.8 Å². The molecular weight excluding hydrogens is 481 g/mol. The van der Waals surface area contributed by atoms with E-state index in [9.17, 15) is 18.0 Å². The van der Waals surface area contributed by atoms with Crippen molar-refractivity contribution >= 4 is 46.3 Å². The molecule has 0 radical (unpaired) electrons. The molecule has 2 aromatic heterocycles. The Morgan fingerprint density at radius 2 is 2.03 bits per heavy atom. The summed E-state index contributed by atoms with van der Waals surface area (Å²) >= 11 is 8.81. The van der Waals surface area contributed by atoms with Gasteiger partial charge in [0.2, 0.25) is 5.91 Å². The Bertz CT molecular complexity index is 1110. The van der Waals surface area contributed by atoms with Crippen LogP contribution in [0.25, 0.3) is 11.4 Å². The highest BCUT2D eigenvalue weighted by Crippen LogP contribution is 2.35. The van der Waals surface area contributed by atoms with E-state index in [4.69, 9.17) is 11.6 Å². The number of nitrogens with zero attached hydrogens (tertiary/aromatic N) is 3. The van der Waals surface area contributed by atoms with Gasteiger partial charge in [-0.05, 0) is 43.5 Å². The predicted octanol–water partition coefficient (Wildman–Crippen LogP) is 6.69. The Morgan fingerprint density at radius 1 is 1.28 bits per heavy atom. The van der Waals surface area contributed by atoms with Crippen molar-refractivity contribution in [2.45, 2.75) is 51.5 Å². The lowest BCUT2D eigenvalue weighted by Gasteiger charge is -2.12. The molecule has 0 fully saturated rings. The van der Waals surface area contributed by atoms with Crippen molar-refractivity contribution in [3.05, 3.63) is 44.6 Å². The highest BCUT2D eigenvalue weighted by atomic mass is 35.5. The molecule has 0 spiro atoms. The number of halogens is 4. The maximum Gasteiger partial charge on any atom is 0.416 e. The molecule has 0 aliphatic rings. The Kier molecular flexibility index (Phi) is 7.89. The van der Waals surface area contributed by atoms with E-state index in [1.807, 2.05) is 11.5 Å². The number of rotatable bonds is 8. The van der Waals surface area contributed by atoms with Crippen LogP contribution in [0.4, 0.5) is 18.9 Å². The number of nitrogens with one attached hydrogen (secondary N) is 1. The molecule has 32 heavy (non-hydrogen) atoms. The molecule has 3 aromatic rings. The number of carbonyl (C=O) groups is 1. The summed E-state index contributed by atoms with van der Waals surface area (Å²) in [6, 6.07) is 2.82. The van der Waals surface area contributed by atoms with Crippen LogP contribution in [0, 0.1) is 6.92 Å².